The molecule has 3 nitrogen and oxygen atoms in total. The number of benzene rings is 1. The molecule has 4 heteroatoms. The van der Waals surface area contributed by atoms with E-state index in [-0.39, 0.29) is 5.78 Å². The van der Waals surface area contributed by atoms with Crippen molar-refractivity contribution < 1.29 is 13.9 Å². The van der Waals surface area contributed by atoms with Crippen molar-refractivity contribution in [3.8, 4) is 0 Å². The highest BCUT2D eigenvalue weighted by atomic mass is 35.5. The van der Waals surface area contributed by atoms with E-state index in [2.05, 4.69) is 0 Å². The molecule has 1 aromatic carbocycles. The van der Waals surface area contributed by atoms with Crippen LogP contribution in [-0.2, 0) is 11.3 Å². The molecule has 94 valence electrons. The molecule has 0 aliphatic carbocycles. The van der Waals surface area contributed by atoms with E-state index >= 15 is 0 Å². The normalized spacial score (nSPS) is 10.6. The molecule has 0 radical (unpaired) electrons. The van der Waals surface area contributed by atoms with Crippen LogP contribution in [0.15, 0.2) is 34.7 Å². The van der Waals surface area contributed by atoms with Crippen molar-refractivity contribution in [2.75, 3.05) is 7.11 Å². The van der Waals surface area contributed by atoms with Crippen LogP contribution >= 0.6 is 11.6 Å². The number of carbonyl (C=O) groups excluding carboxylic acids is 1. The van der Waals surface area contributed by atoms with Crippen LogP contribution in [0.2, 0.25) is 5.02 Å². The molecule has 0 fully saturated rings. The molecule has 0 aliphatic heterocycles. The van der Waals surface area contributed by atoms with Crippen LogP contribution in [-0.4, -0.2) is 12.9 Å². The molecule has 0 spiro atoms. The van der Waals surface area contributed by atoms with Crippen molar-refractivity contribution in [1.82, 2.24) is 0 Å². The van der Waals surface area contributed by atoms with Gasteiger partial charge in [0.1, 0.15) is 12.4 Å². The lowest BCUT2D eigenvalue weighted by atomic mass is 10.1. The van der Waals surface area contributed by atoms with Crippen molar-refractivity contribution in [2.24, 2.45) is 0 Å². The Labute approximate surface area is 110 Å². The fraction of sp³-hybridized carbons (Fsp3) is 0.214. The average Bonchev–Trinajstić information content (AvgIpc) is 2.81. The zero-order chi connectivity index (χ0) is 13.1. The zero-order valence-corrected chi connectivity index (χ0v) is 11.0. The molecule has 2 aromatic rings. The smallest absolute Gasteiger partial charge is 0.228 e. The maximum Gasteiger partial charge on any atom is 0.228 e. The molecule has 0 bridgehead atoms. The lowest BCUT2D eigenvalue weighted by Gasteiger charge is -2.01. The van der Waals surface area contributed by atoms with E-state index in [4.69, 9.17) is 20.8 Å². The summed E-state index contributed by atoms with van der Waals surface area (Å²) in [5.74, 6) is 0.736. The number of furan rings is 1. The van der Waals surface area contributed by atoms with Gasteiger partial charge in [0.05, 0.1) is 0 Å². The molecule has 0 N–H and O–H groups in total. The zero-order valence-electron chi connectivity index (χ0n) is 10.2. The van der Waals surface area contributed by atoms with Crippen LogP contribution in [0, 0.1) is 6.92 Å². The Morgan fingerprint density at radius 3 is 2.78 bits per heavy atom. The second-order valence-electron chi connectivity index (χ2n) is 3.99. The molecule has 0 saturated heterocycles. The van der Waals surface area contributed by atoms with Crippen molar-refractivity contribution in [3.05, 3.63) is 58.0 Å². The number of ether oxygens (including phenoxy) is 1. The van der Waals surface area contributed by atoms with E-state index in [0.717, 1.165) is 5.56 Å². The maximum atomic E-state index is 12.1. The van der Waals surface area contributed by atoms with E-state index in [1.54, 1.807) is 31.4 Å². The minimum absolute atomic E-state index is 0.181. The average molecular weight is 265 g/mol. The quantitative estimate of drug-likeness (QED) is 0.792. The summed E-state index contributed by atoms with van der Waals surface area (Å²) in [4.78, 5) is 12.1. The molecule has 0 aliphatic rings. The van der Waals surface area contributed by atoms with E-state index in [1.165, 1.54) is 0 Å². The predicted octanol–water partition coefficient (Wildman–Crippen LogP) is 3.62. The van der Waals surface area contributed by atoms with Gasteiger partial charge in [0.2, 0.25) is 5.78 Å². The number of halogens is 1. The molecular weight excluding hydrogens is 252 g/mol. The molecule has 0 saturated carbocycles. The fourth-order valence-electron chi connectivity index (χ4n) is 1.60. The number of hydrogen-bond acceptors (Lipinski definition) is 3. The first-order chi connectivity index (χ1) is 8.61. The third-order valence-corrected chi connectivity index (χ3v) is 3.01. The van der Waals surface area contributed by atoms with E-state index in [1.807, 2.05) is 13.0 Å². The summed E-state index contributed by atoms with van der Waals surface area (Å²) < 4.78 is 10.3. The van der Waals surface area contributed by atoms with E-state index in [0.29, 0.717) is 28.7 Å². The summed E-state index contributed by atoms with van der Waals surface area (Å²) in [6, 6.07) is 8.57. The van der Waals surface area contributed by atoms with Crippen molar-refractivity contribution in [3.63, 3.8) is 0 Å². The molecule has 0 atom stereocenters. The third kappa shape index (κ3) is 2.63. The number of aryl methyl sites for hydroxylation is 1. The highest BCUT2D eigenvalue weighted by Gasteiger charge is 2.14. The molecule has 2 rings (SSSR count). The summed E-state index contributed by atoms with van der Waals surface area (Å²) in [6.07, 6.45) is 0. The van der Waals surface area contributed by atoms with Gasteiger partial charge in [-0.3, -0.25) is 4.79 Å². The summed E-state index contributed by atoms with van der Waals surface area (Å²) in [6.45, 7) is 2.24. The van der Waals surface area contributed by atoms with Crippen LogP contribution in [0.3, 0.4) is 0 Å². The first-order valence-electron chi connectivity index (χ1n) is 5.50. The second-order valence-corrected chi connectivity index (χ2v) is 4.40. The van der Waals surface area contributed by atoms with Crippen LogP contribution in [0.5, 0.6) is 0 Å². The van der Waals surface area contributed by atoms with Gasteiger partial charge in [0.25, 0.3) is 0 Å². The Morgan fingerprint density at radius 1 is 1.33 bits per heavy atom. The number of carbonyl (C=O) groups is 1. The molecule has 1 heterocycles. The summed E-state index contributed by atoms with van der Waals surface area (Å²) in [5, 5.41) is 0.574. The first-order valence-corrected chi connectivity index (χ1v) is 5.88. The van der Waals surface area contributed by atoms with Gasteiger partial charge in [-0.05, 0) is 30.7 Å². The van der Waals surface area contributed by atoms with Gasteiger partial charge in [-0.1, -0.05) is 23.7 Å². The SMILES string of the molecule is COCc1ccc(C(=O)c2ccc(C)c(Cl)c2)o1. The summed E-state index contributed by atoms with van der Waals surface area (Å²) >= 11 is 6.00. The van der Waals surface area contributed by atoms with Gasteiger partial charge in [-0.25, -0.2) is 0 Å². The monoisotopic (exact) mass is 264 g/mol. The number of rotatable bonds is 4. The van der Waals surface area contributed by atoms with Gasteiger partial charge >= 0.3 is 0 Å². The van der Waals surface area contributed by atoms with E-state index < -0.39 is 0 Å². The molecular formula is C14H13ClO3. The third-order valence-electron chi connectivity index (χ3n) is 2.61. The van der Waals surface area contributed by atoms with Gasteiger partial charge < -0.3 is 9.15 Å². The van der Waals surface area contributed by atoms with Crippen LogP contribution in [0.4, 0.5) is 0 Å². The van der Waals surface area contributed by atoms with Gasteiger partial charge in [-0.2, -0.15) is 0 Å². The Bertz CT molecular complexity index is 572. The molecule has 0 unspecified atom stereocenters. The standard InChI is InChI=1S/C14H13ClO3/c1-9-3-4-10(7-12(9)15)14(16)13-6-5-11(18-13)8-17-2/h3-7H,8H2,1-2H3. The lowest BCUT2D eigenvalue weighted by Crippen LogP contribution is -1.99. The van der Waals surface area contributed by atoms with Crippen molar-refractivity contribution in [1.29, 1.82) is 0 Å². The van der Waals surface area contributed by atoms with Gasteiger partial charge in [0.15, 0.2) is 5.76 Å². The summed E-state index contributed by atoms with van der Waals surface area (Å²) in [5.41, 5.74) is 1.46. The van der Waals surface area contributed by atoms with Gasteiger partial charge in [-0.15, -0.1) is 0 Å². The van der Waals surface area contributed by atoms with Crippen LogP contribution in [0.1, 0.15) is 27.4 Å². The first kappa shape index (κ1) is 12.9. The number of ketones is 1. The van der Waals surface area contributed by atoms with Gasteiger partial charge in [0, 0.05) is 17.7 Å². The fourth-order valence-corrected chi connectivity index (χ4v) is 1.78. The Hall–Kier alpha value is -1.58. The number of hydrogen-bond donors (Lipinski definition) is 0. The lowest BCUT2D eigenvalue weighted by molar-refractivity contribution is 0.1000. The second kappa shape index (κ2) is 5.38. The van der Waals surface area contributed by atoms with Crippen LogP contribution in [0.25, 0.3) is 0 Å². The molecule has 0 amide bonds. The van der Waals surface area contributed by atoms with Crippen molar-refractivity contribution in [2.45, 2.75) is 13.5 Å². The Kier molecular flexibility index (Phi) is 3.84. The highest BCUT2D eigenvalue weighted by Crippen LogP contribution is 2.20. The Balaban J connectivity index is 2.26. The van der Waals surface area contributed by atoms with E-state index in [9.17, 15) is 4.79 Å². The molecule has 18 heavy (non-hydrogen) atoms. The largest absolute Gasteiger partial charge is 0.455 e. The maximum absolute atomic E-state index is 12.1. The predicted molar refractivity (Wildman–Crippen MR) is 69.0 cm³/mol. The number of methoxy groups -OCH3 is 1. The van der Waals surface area contributed by atoms with Crippen molar-refractivity contribution >= 4 is 17.4 Å². The summed E-state index contributed by atoms with van der Waals surface area (Å²) in [7, 11) is 1.57. The Morgan fingerprint density at radius 2 is 2.11 bits per heavy atom. The van der Waals surface area contributed by atoms with Crippen LogP contribution < -0.4 is 0 Å². The minimum atomic E-state index is -0.181. The topological polar surface area (TPSA) is 39.4 Å². The highest BCUT2D eigenvalue weighted by molar-refractivity contribution is 6.31. The molecule has 1 aromatic heterocycles. The minimum Gasteiger partial charge on any atom is -0.455 e.